The molecule has 0 saturated carbocycles. The molecule has 0 aromatic heterocycles. The summed E-state index contributed by atoms with van der Waals surface area (Å²) in [5.74, 6) is -1.96. The van der Waals surface area contributed by atoms with Crippen LogP contribution in [0.15, 0.2) is 0 Å². The van der Waals surface area contributed by atoms with Crippen molar-refractivity contribution in [2.24, 2.45) is 0 Å². The Morgan fingerprint density at radius 1 is 0.236 bits per heavy atom. The van der Waals surface area contributed by atoms with E-state index in [1.165, 1.54) is 212 Å². The number of carboxylic acid groups (broad SMARTS) is 3. The minimum atomic E-state index is -0.655. The average molecular weight is 825 g/mol. The van der Waals surface area contributed by atoms with Gasteiger partial charge < -0.3 is 15.3 Å². The number of hydrogen-bond donors (Lipinski definition) is 3. The third-order valence-corrected chi connectivity index (χ3v) is 10.5. The number of rotatable bonds is 42. The topological polar surface area (TPSA) is 112 Å². The zero-order valence-electron chi connectivity index (χ0n) is 37.1. The molecule has 0 aliphatic carbocycles. The molecular formula is C48H96FeO6. The van der Waals surface area contributed by atoms with Crippen LogP contribution in [-0.4, -0.2) is 33.2 Å². The fraction of sp³-hybridized carbons (Fsp3) is 0.938. The molecule has 0 spiro atoms. The van der Waals surface area contributed by atoms with E-state index in [0.29, 0.717) is 19.3 Å². The van der Waals surface area contributed by atoms with Crippen LogP contribution in [0, 0.1) is 0 Å². The second kappa shape index (κ2) is 57.3. The molecule has 55 heavy (non-hydrogen) atoms. The molecule has 0 aliphatic heterocycles. The van der Waals surface area contributed by atoms with Gasteiger partial charge in [-0.15, -0.1) is 0 Å². The predicted octanol–water partition coefficient (Wildman–Crippen LogP) is 16.7. The molecule has 0 saturated heterocycles. The van der Waals surface area contributed by atoms with Gasteiger partial charge in [-0.25, -0.2) is 0 Å². The first-order valence-electron chi connectivity index (χ1n) is 24.0. The van der Waals surface area contributed by atoms with Crippen LogP contribution in [0.2, 0.25) is 0 Å². The number of aliphatic carboxylic acids is 3. The van der Waals surface area contributed by atoms with E-state index in [9.17, 15) is 14.4 Å². The molecule has 0 unspecified atom stereocenters. The second-order valence-electron chi connectivity index (χ2n) is 16.2. The van der Waals surface area contributed by atoms with Crippen LogP contribution in [0.4, 0.5) is 0 Å². The summed E-state index contributed by atoms with van der Waals surface area (Å²) in [6, 6.07) is 0. The Balaban J connectivity index is -0.000000351. The molecule has 6 nitrogen and oxygen atoms in total. The van der Waals surface area contributed by atoms with Crippen molar-refractivity contribution in [3.8, 4) is 0 Å². The Morgan fingerprint density at radius 2 is 0.345 bits per heavy atom. The Labute approximate surface area is 353 Å². The van der Waals surface area contributed by atoms with E-state index < -0.39 is 17.9 Å². The van der Waals surface area contributed by atoms with Crippen molar-refractivity contribution >= 4 is 17.9 Å². The smallest absolute Gasteiger partial charge is 0.303 e. The predicted molar refractivity (Wildman–Crippen MR) is 234 cm³/mol. The second-order valence-corrected chi connectivity index (χ2v) is 16.2. The van der Waals surface area contributed by atoms with Crippen LogP contribution in [-0.2, 0) is 31.5 Å². The zero-order valence-corrected chi connectivity index (χ0v) is 38.2. The van der Waals surface area contributed by atoms with Crippen LogP contribution in [0.1, 0.15) is 290 Å². The summed E-state index contributed by atoms with van der Waals surface area (Å²) in [7, 11) is 0. The van der Waals surface area contributed by atoms with Gasteiger partial charge in [0.25, 0.3) is 0 Å². The van der Waals surface area contributed by atoms with E-state index in [2.05, 4.69) is 20.8 Å². The maximum absolute atomic E-state index is 10.3. The van der Waals surface area contributed by atoms with Crippen molar-refractivity contribution in [2.45, 2.75) is 290 Å². The van der Waals surface area contributed by atoms with E-state index in [0.717, 1.165) is 38.5 Å². The minimum Gasteiger partial charge on any atom is -0.481 e. The van der Waals surface area contributed by atoms with Gasteiger partial charge in [-0.2, -0.15) is 0 Å². The summed E-state index contributed by atoms with van der Waals surface area (Å²) >= 11 is 0. The van der Waals surface area contributed by atoms with Crippen molar-refractivity contribution in [3.63, 3.8) is 0 Å². The first-order valence-corrected chi connectivity index (χ1v) is 24.0. The van der Waals surface area contributed by atoms with Crippen LogP contribution in [0.25, 0.3) is 0 Å². The Morgan fingerprint density at radius 3 is 0.455 bits per heavy atom. The zero-order chi connectivity index (χ0) is 40.4. The van der Waals surface area contributed by atoms with Crippen molar-refractivity contribution < 1.29 is 46.8 Å². The van der Waals surface area contributed by atoms with Gasteiger partial charge in [0.15, 0.2) is 0 Å². The third-order valence-electron chi connectivity index (χ3n) is 10.5. The normalized spacial score (nSPS) is 10.5. The third kappa shape index (κ3) is 71.1. The van der Waals surface area contributed by atoms with Crippen molar-refractivity contribution in [2.75, 3.05) is 0 Å². The van der Waals surface area contributed by atoms with Crippen LogP contribution >= 0.6 is 0 Å². The molecule has 0 aromatic carbocycles. The molecule has 0 atom stereocenters. The molecule has 3 N–H and O–H groups in total. The van der Waals surface area contributed by atoms with Gasteiger partial charge in [-0.3, -0.25) is 14.4 Å². The summed E-state index contributed by atoms with van der Waals surface area (Å²) in [6.45, 7) is 6.78. The summed E-state index contributed by atoms with van der Waals surface area (Å²) < 4.78 is 0. The minimum absolute atomic E-state index is 0. The average Bonchev–Trinajstić information content (AvgIpc) is 3.14. The molecular weight excluding hydrogens is 728 g/mol. The van der Waals surface area contributed by atoms with Crippen LogP contribution in [0.5, 0.6) is 0 Å². The van der Waals surface area contributed by atoms with Crippen molar-refractivity contribution in [1.29, 1.82) is 0 Å². The van der Waals surface area contributed by atoms with Gasteiger partial charge in [0.2, 0.25) is 0 Å². The first-order chi connectivity index (χ1) is 26.3. The molecule has 7 heteroatoms. The number of unbranched alkanes of at least 4 members (excludes halogenated alkanes) is 36. The molecule has 0 aliphatic rings. The number of hydrogen-bond acceptors (Lipinski definition) is 3. The first kappa shape index (κ1) is 60.6. The molecule has 0 fully saturated rings. The van der Waals surface area contributed by atoms with E-state index in [1.807, 2.05) is 0 Å². The molecule has 0 heterocycles. The van der Waals surface area contributed by atoms with E-state index >= 15 is 0 Å². The Bertz CT molecular complexity index is 636. The molecule has 0 rings (SSSR count). The molecule has 332 valence electrons. The van der Waals surface area contributed by atoms with Crippen molar-refractivity contribution in [3.05, 3.63) is 0 Å². The monoisotopic (exact) mass is 825 g/mol. The summed E-state index contributed by atoms with van der Waals surface area (Å²) in [5, 5.41) is 25.5. The number of carboxylic acids is 3. The fourth-order valence-electron chi connectivity index (χ4n) is 6.88. The fourth-order valence-corrected chi connectivity index (χ4v) is 6.88. The quantitative estimate of drug-likeness (QED) is 0.0417. The Kier molecular flexibility index (Phi) is 63.1. The van der Waals surface area contributed by atoms with Gasteiger partial charge >= 0.3 is 17.9 Å². The summed E-state index contributed by atoms with van der Waals surface area (Å²) in [5.41, 5.74) is 0. The van der Waals surface area contributed by atoms with Gasteiger partial charge in [0.05, 0.1) is 0 Å². The summed E-state index contributed by atoms with van der Waals surface area (Å²) in [4.78, 5) is 30.9. The van der Waals surface area contributed by atoms with Gasteiger partial charge in [-0.05, 0) is 19.3 Å². The van der Waals surface area contributed by atoms with Gasteiger partial charge in [0, 0.05) is 36.3 Å². The molecule has 0 radical (unpaired) electrons. The van der Waals surface area contributed by atoms with Crippen molar-refractivity contribution in [1.82, 2.24) is 0 Å². The van der Waals surface area contributed by atoms with E-state index in [-0.39, 0.29) is 17.1 Å². The maximum Gasteiger partial charge on any atom is 0.303 e. The van der Waals surface area contributed by atoms with E-state index in [4.69, 9.17) is 15.3 Å². The van der Waals surface area contributed by atoms with Crippen LogP contribution < -0.4 is 0 Å². The SMILES string of the molecule is CCCCCCCCCCCCCCCC(=O)O.CCCCCCCCCCCCCCCC(=O)O.CCCCCCCCCCCCCCCC(=O)O.[Fe]. The molecule has 0 amide bonds. The number of carbonyl (C=O) groups is 3. The van der Waals surface area contributed by atoms with Gasteiger partial charge in [-0.1, -0.05) is 252 Å². The van der Waals surface area contributed by atoms with Gasteiger partial charge in [0.1, 0.15) is 0 Å². The largest absolute Gasteiger partial charge is 0.481 e. The Hall–Kier alpha value is -1.07. The summed E-state index contributed by atoms with van der Waals surface area (Å²) in [6.07, 6.45) is 51.8. The molecule has 0 aromatic rings. The van der Waals surface area contributed by atoms with Crippen LogP contribution in [0.3, 0.4) is 0 Å². The van der Waals surface area contributed by atoms with E-state index in [1.54, 1.807) is 0 Å². The molecule has 0 bridgehead atoms. The maximum atomic E-state index is 10.3. The standard InChI is InChI=1S/3C16H32O2.Fe/c3*1-2-3-4-5-6-7-8-9-10-11-12-13-14-15-16(17)18;/h3*2-15H2,1H3,(H,17,18);.